The Kier molecular flexibility index (Phi) is 29.2. The van der Waals surface area contributed by atoms with Gasteiger partial charge in [0.25, 0.3) is 23.6 Å². The van der Waals surface area contributed by atoms with Crippen molar-refractivity contribution in [3.63, 3.8) is 0 Å². The average Bonchev–Trinajstić information content (AvgIpc) is 1.90. The number of amides is 7. The van der Waals surface area contributed by atoms with E-state index in [0.717, 1.165) is 17.1 Å². The first-order chi connectivity index (χ1) is 44.3. The third-order valence-corrected chi connectivity index (χ3v) is 17.0. The van der Waals surface area contributed by atoms with Crippen molar-refractivity contribution in [2.24, 2.45) is 0 Å². The zero-order valence-electron chi connectivity index (χ0n) is 49.8. The minimum atomic E-state index is -1.01. The quantitative estimate of drug-likeness (QED) is 0.0229. The summed E-state index contributed by atoms with van der Waals surface area (Å²) in [5, 5.41) is 28.4. The summed E-state index contributed by atoms with van der Waals surface area (Å²) in [6.07, 6.45) is -2.79. The summed E-state index contributed by atoms with van der Waals surface area (Å²) in [7, 11) is 1.86. The maximum Gasteiger partial charge on any atom is 0.414 e. The molecule has 7 heterocycles. The topological polar surface area (TPSA) is 314 Å². The predicted octanol–water partition coefficient (Wildman–Crippen LogP) is 9.55. The Hall–Kier alpha value is -8.26. The number of halogens is 3. The van der Waals surface area contributed by atoms with Crippen LogP contribution in [0.3, 0.4) is 0 Å². The monoisotopic (exact) mass is 1400 g/mol. The van der Waals surface area contributed by atoms with E-state index in [4.69, 9.17) is 73.4 Å². The van der Waals surface area contributed by atoms with Crippen molar-refractivity contribution in [3.8, 4) is 0 Å². The van der Waals surface area contributed by atoms with E-state index in [0.29, 0.717) is 90.6 Å². The lowest BCUT2D eigenvalue weighted by atomic mass is 10.2. The van der Waals surface area contributed by atoms with Crippen LogP contribution in [0.15, 0.2) is 109 Å². The van der Waals surface area contributed by atoms with Crippen LogP contribution >= 0.6 is 68.8 Å². The number of hydrogen-bond acceptors (Lipinski definition) is 20. The first kappa shape index (κ1) is 73.8. The van der Waals surface area contributed by atoms with E-state index < -0.39 is 48.5 Å². The fourth-order valence-corrected chi connectivity index (χ4v) is 11.8. The molecular formula is C61H70Cl3N9O17S3. The number of ether oxygens (including phenoxy) is 6. The van der Waals surface area contributed by atoms with Crippen molar-refractivity contribution in [2.75, 3.05) is 135 Å². The Morgan fingerprint density at radius 2 is 0.914 bits per heavy atom. The number of carbonyl (C=O) groups excluding carboxylic acids is 7. The normalized spacial score (nSPS) is 16.4. The Bertz CT molecular complexity index is 3490. The summed E-state index contributed by atoms with van der Waals surface area (Å²) in [5.74, 6) is -2.87. The van der Waals surface area contributed by atoms with Gasteiger partial charge in [-0.25, -0.2) is 24.0 Å². The van der Waals surface area contributed by atoms with Gasteiger partial charge in [0.15, 0.2) is 0 Å². The van der Waals surface area contributed by atoms with Gasteiger partial charge in [0.1, 0.15) is 38.1 Å². The zero-order valence-corrected chi connectivity index (χ0v) is 54.6. The largest absolute Gasteiger partial charge is 0.480 e. The van der Waals surface area contributed by atoms with Crippen LogP contribution in [0.5, 0.6) is 0 Å². The highest BCUT2D eigenvalue weighted by Crippen LogP contribution is 2.29. The summed E-state index contributed by atoms with van der Waals surface area (Å²) >= 11 is 21.1. The molecule has 32 heteroatoms. The average molecular weight is 1400 g/mol. The van der Waals surface area contributed by atoms with Crippen LogP contribution < -0.4 is 45.8 Å². The van der Waals surface area contributed by atoms with Gasteiger partial charge in [-0.15, -0.1) is 34.0 Å². The highest BCUT2D eigenvalue weighted by molar-refractivity contribution is 7.18. The summed E-state index contributed by atoms with van der Waals surface area (Å²) < 4.78 is 32.8. The number of rotatable bonds is 25. The molecule has 3 aromatic carbocycles. The molecule has 4 saturated heterocycles. The van der Waals surface area contributed by atoms with E-state index in [1.807, 2.05) is 37.9 Å². The second-order valence-corrected chi connectivity index (χ2v) is 24.9. The highest BCUT2D eigenvalue weighted by atomic mass is 35.5. The number of likely N-dealkylation sites (N-methyl/N-ethyl adjacent to an activating group) is 1. The fourth-order valence-electron chi connectivity index (χ4n) is 8.87. The van der Waals surface area contributed by atoms with Crippen molar-refractivity contribution in [1.82, 2.24) is 16.0 Å². The van der Waals surface area contributed by atoms with Crippen molar-refractivity contribution >= 4 is 157 Å². The van der Waals surface area contributed by atoms with E-state index in [1.165, 1.54) is 48.7 Å². The van der Waals surface area contributed by atoms with E-state index in [2.05, 4.69) is 21.3 Å². The van der Waals surface area contributed by atoms with Crippen molar-refractivity contribution in [1.29, 1.82) is 0 Å². The number of carboxylic acid groups (broad SMARTS) is 2. The molecule has 26 nitrogen and oxygen atoms in total. The van der Waals surface area contributed by atoms with Gasteiger partial charge in [0, 0.05) is 60.8 Å². The van der Waals surface area contributed by atoms with Gasteiger partial charge in [0.05, 0.1) is 86.7 Å². The number of thiophene rings is 3. The van der Waals surface area contributed by atoms with Crippen molar-refractivity contribution in [3.05, 3.63) is 137 Å². The molecule has 7 amide bonds. The van der Waals surface area contributed by atoms with Crippen molar-refractivity contribution in [2.45, 2.75) is 39.6 Å². The van der Waals surface area contributed by atoms with Crippen LogP contribution in [0.2, 0.25) is 13.0 Å². The number of carboxylic acids is 2. The Balaban J connectivity index is 0.000000217. The molecule has 6 aromatic rings. The third-order valence-electron chi connectivity index (χ3n) is 13.3. The SMILES string of the molecule is C.CC.CN(CCOCC(=O)O)c1ccc(N2C[C@H](CNC(=O)c3ccc(Cl)s3)OC2=O)cc1.O=C(NC[C@H]1CN(c2ccc(N3CCOCC3=O)cc2)C(=O)O1)c1ccc(Cl)s1.O=C(O)COCCNc1ccc(N2C[C@H](CNC(=O)c3ccc(Cl)s3)OC2=O)cc1. The van der Waals surface area contributed by atoms with Crippen LogP contribution in [0.25, 0.3) is 0 Å². The lowest BCUT2D eigenvalue weighted by Gasteiger charge is -2.27. The van der Waals surface area contributed by atoms with Gasteiger partial charge < -0.3 is 69.7 Å². The number of hydrogen-bond donors (Lipinski definition) is 6. The molecule has 0 radical (unpaired) electrons. The lowest BCUT2D eigenvalue weighted by Crippen LogP contribution is -2.41. The van der Waals surface area contributed by atoms with E-state index >= 15 is 0 Å². The Morgan fingerprint density at radius 1 is 0.548 bits per heavy atom. The summed E-state index contributed by atoms with van der Waals surface area (Å²) in [6.45, 7) is 7.51. The molecule has 4 aliphatic heterocycles. The van der Waals surface area contributed by atoms with Gasteiger partial charge in [-0.05, 0) is 109 Å². The van der Waals surface area contributed by atoms with E-state index in [9.17, 15) is 43.2 Å². The predicted molar refractivity (Wildman–Crippen MR) is 357 cm³/mol. The molecule has 3 atom stereocenters. The molecule has 6 N–H and O–H groups in total. The van der Waals surface area contributed by atoms with Crippen LogP contribution in [0.1, 0.15) is 50.3 Å². The first-order valence-corrected chi connectivity index (χ1v) is 32.1. The number of nitrogens with one attached hydrogen (secondary N) is 4. The Morgan fingerprint density at radius 3 is 1.28 bits per heavy atom. The number of anilines is 6. The lowest BCUT2D eigenvalue weighted by molar-refractivity contribution is -0.143. The van der Waals surface area contributed by atoms with Crippen LogP contribution in [0.4, 0.5) is 48.5 Å². The molecular weight excluding hydrogens is 1330 g/mol. The number of nitrogens with zero attached hydrogens (tertiary/aromatic N) is 5. The second-order valence-electron chi connectivity index (χ2n) is 19.7. The molecule has 0 unspecified atom stereocenters. The maximum atomic E-state index is 12.3. The highest BCUT2D eigenvalue weighted by Gasteiger charge is 2.35. The van der Waals surface area contributed by atoms with Crippen LogP contribution in [0, 0.1) is 0 Å². The van der Waals surface area contributed by atoms with E-state index in [1.54, 1.807) is 102 Å². The molecule has 4 fully saturated rings. The molecule has 500 valence electrons. The molecule has 93 heavy (non-hydrogen) atoms. The standard InChI is InChI=1S/C20H22ClN3O6S.C19H20ClN3O6S.C19H18ClN3O5S.C2H6.CH4/c1-23(8-9-29-12-18(25)26)13-2-4-14(5-3-13)24-11-15(30-20(24)28)10-22-19(27)16-6-7-17(21)31-16;20-16-6-5-15(30-16)18(26)22-9-14-10-23(19(27)29-14)13-3-1-12(2-4-13)21-7-8-28-11-17(24)25;20-16-6-5-15(29-16)18(25)21-9-14-10-23(19(26)28-14)13-3-1-12(2-4-13)22-7-8-27-11-17(22)24;1-2;/h2-7,15H,8-12H2,1H3,(H,22,27)(H,25,26);1-6,14,21H,7-11H2,(H,22,26)(H,24,25);1-6,14H,7-11H2,(H,21,25);1-2H3;1H4/t15-;2*14-;;/m000../s1. The maximum absolute atomic E-state index is 12.3. The molecule has 10 rings (SSSR count). The smallest absolute Gasteiger partial charge is 0.414 e. The minimum absolute atomic E-state index is 0. The van der Waals surface area contributed by atoms with Gasteiger partial charge in [-0.1, -0.05) is 56.1 Å². The molecule has 0 bridgehead atoms. The second kappa shape index (κ2) is 36.8. The number of benzene rings is 3. The molecule has 3 aromatic heterocycles. The van der Waals surface area contributed by atoms with Gasteiger partial charge in [0.2, 0.25) is 0 Å². The molecule has 0 aliphatic carbocycles. The van der Waals surface area contributed by atoms with Gasteiger partial charge >= 0.3 is 30.2 Å². The van der Waals surface area contributed by atoms with E-state index in [-0.39, 0.29) is 83.7 Å². The minimum Gasteiger partial charge on any atom is -0.480 e. The zero-order chi connectivity index (χ0) is 66.3. The number of cyclic esters (lactones) is 3. The summed E-state index contributed by atoms with van der Waals surface area (Å²) in [5.41, 5.74) is 4.48. The van der Waals surface area contributed by atoms with Gasteiger partial charge in [-0.2, -0.15) is 0 Å². The van der Waals surface area contributed by atoms with Crippen molar-refractivity contribution < 1.29 is 81.8 Å². The number of aliphatic carboxylic acids is 2. The number of morpholine rings is 1. The van der Waals surface area contributed by atoms with Gasteiger partial charge in [-0.3, -0.25) is 33.9 Å². The van der Waals surface area contributed by atoms with Crippen LogP contribution in [-0.4, -0.2) is 188 Å². The summed E-state index contributed by atoms with van der Waals surface area (Å²) in [4.78, 5) is 115. The summed E-state index contributed by atoms with van der Waals surface area (Å²) in [6, 6.07) is 31.5. The first-order valence-electron chi connectivity index (χ1n) is 28.5. The third kappa shape index (κ3) is 22.5. The fraction of sp³-hybridized carbons (Fsp3) is 0.361. The molecule has 0 saturated carbocycles. The molecule has 0 spiro atoms. The molecule has 4 aliphatic rings. The Labute approximate surface area is 563 Å². The number of carbonyl (C=O) groups is 9. The van der Waals surface area contributed by atoms with Crippen LogP contribution in [-0.2, 0) is 42.8 Å².